The van der Waals surface area contributed by atoms with Crippen LogP contribution in [0.5, 0.6) is 11.5 Å². The number of aromatic nitrogens is 1. The van der Waals surface area contributed by atoms with Crippen molar-refractivity contribution in [3.63, 3.8) is 0 Å². The maximum atomic E-state index is 6.09. The third kappa shape index (κ3) is 4.34. The molecule has 1 fully saturated rings. The topological polar surface area (TPSA) is 75.9 Å². The van der Waals surface area contributed by atoms with Gasteiger partial charge in [0.05, 0.1) is 19.7 Å². The molecule has 0 bridgehead atoms. The summed E-state index contributed by atoms with van der Waals surface area (Å²) in [4.78, 5) is 10.2. The average molecular weight is 362 g/mol. The third-order valence-electron chi connectivity index (χ3n) is 4.40. The molecule has 0 atom stereocenters. The summed E-state index contributed by atoms with van der Waals surface area (Å²) in [5.41, 5.74) is 8.29. The quantitative estimate of drug-likeness (QED) is 0.469. The van der Waals surface area contributed by atoms with Crippen molar-refractivity contribution in [2.24, 2.45) is 10.7 Å². The van der Waals surface area contributed by atoms with Crippen LogP contribution < -0.4 is 15.2 Å². The van der Waals surface area contributed by atoms with Crippen LogP contribution >= 0.6 is 11.8 Å². The van der Waals surface area contributed by atoms with Gasteiger partial charge in [-0.1, -0.05) is 0 Å². The van der Waals surface area contributed by atoms with Gasteiger partial charge >= 0.3 is 0 Å². The number of rotatable bonds is 6. The number of nitrogens with zero attached hydrogens (tertiary/aromatic N) is 2. The zero-order chi connectivity index (χ0) is 17.6. The van der Waals surface area contributed by atoms with Gasteiger partial charge in [-0.2, -0.15) is 11.8 Å². The van der Waals surface area contributed by atoms with E-state index in [1.165, 1.54) is 5.69 Å². The van der Waals surface area contributed by atoms with Gasteiger partial charge in [-0.3, -0.25) is 4.99 Å². The van der Waals surface area contributed by atoms with Crippen LogP contribution in [0.4, 0.5) is 0 Å². The Morgan fingerprint density at radius 3 is 2.76 bits per heavy atom. The highest BCUT2D eigenvalue weighted by Crippen LogP contribution is 2.31. The predicted octanol–water partition coefficient (Wildman–Crippen LogP) is 2.48. The fourth-order valence-corrected chi connectivity index (χ4v) is 3.92. The second-order valence-corrected chi connectivity index (χ2v) is 7.25. The van der Waals surface area contributed by atoms with Crippen LogP contribution in [0.3, 0.4) is 0 Å². The SMILES string of the molecule is COc1cc(OC)c2cc(CCCN=C(N)N3CCSCC3)[nH]c2c1. The average Bonchev–Trinajstić information content (AvgIpc) is 3.07. The molecule has 0 radical (unpaired) electrons. The van der Waals surface area contributed by atoms with E-state index in [1.807, 2.05) is 23.9 Å². The maximum Gasteiger partial charge on any atom is 0.191 e. The number of aromatic amines is 1. The van der Waals surface area contributed by atoms with E-state index in [1.54, 1.807) is 14.2 Å². The number of guanidine groups is 1. The van der Waals surface area contributed by atoms with E-state index < -0.39 is 0 Å². The van der Waals surface area contributed by atoms with Gasteiger partial charge in [-0.05, 0) is 18.9 Å². The number of fused-ring (bicyclic) bond motifs is 1. The van der Waals surface area contributed by atoms with Gasteiger partial charge in [0.2, 0.25) is 0 Å². The minimum Gasteiger partial charge on any atom is -0.497 e. The van der Waals surface area contributed by atoms with Crippen LogP contribution in [0.15, 0.2) is 23.2 Å². The first-order valence-electron chi connectivity index (χ1n) is 8.57. The van der Waals surface area contributed by atoms with Gasteiger partial charge in [-0.25, -0.2) is 0 Å². The van der Waals surface area contributed by atoms with Crippen LogP contribution in [-0.2, 0) is 6.42 Å². The monoisotopic (exact) mass is 362 g/mol. The predicted molar refractivity (Wildman–Crippen MR) is 105 cm³/mol. The Bertz CT molecular complexity index is 738. The molecule has 7 heteroatoms. The molecular formula is C18H26N4O2S. The molecule has 3 N–H and O–H groups in total. The zero-order valence-electron chi connectivity index (χ0n) is 14.9. The lowest BCUT2D eigenvalue weighted by molar-refractivity contribution is 0.398. The standard InChI is InChI=1S/C18H26N4O2S/c1-23-14-11-16-15(17(12-14)24-2)10-13(21-16)4-3-5-20-18(19)22-6-8-25-9-7-22/h10-12,21H,3-9H2,1-2H3,(H2,19,20). The van der Waals surface area contributed by atoms with Gasteiger partial charge in [0.15, 0.2) is 5.96 Å². The van der Waals surface area contributed by atoms with Crippen molar-refractivity contribution < 1.29 is 9.47 Å². The molecule has 0 aliphatic carbocycles. The van der Waals surface area contributed by atoms with Gasteiger partial charge in [-0.15, -0.1) is 0 Å². The number of hydrogen-bond donors (Lipinski definition) is 2. The summed E-state index contributed by atoms with van der Waals surface area (Å²) in [7, 11) is 3.34. The Balaban J connectivity index is 1.59. The lowest BCUT2D eigenvalue weighted by Gasteiger charge is -2.27. The molecule has 0 saturated carbocycles. The number of H-pyrrole nitrogens is 1. The smallest absolute Gasteiger partial charge is 0.191 e. The molecule has 1 aromatic heterocycles. The molecule has 0 spiro atoms. The molecule has 1 aliphatic heterocycles. The summed E-state index contributed by atoms with van der Waals surface area (Å²) in [5, 5.41) is 1.08. The van der Waals surface area contributed by atoms with E-state index in [-0.39, 0.29) is 0 Å². The van der Waals surface area contributed by atoms with Gasteiger partial charge in [0.1, 0.15) is 11.5 Å². The van der Waals surface area contributed by atoms with E-state index in [2.05, 4.69) is 20.9 Å². The van der Waals surface area contributed by atoms with Gasteiger partial charge in [0.25, 0.3) is 0 Å². The molecule has 2 aromatic rings. The van der Waals surface area contributed by atoms with Crippen LogP contribution in [0.1, 0.15) is 12.1 Å². The number of aryl methyl sites for hydroxylation is 1. The number of nitrogens with two attached hydrogens (primary N) is 1. The van der Waals surface area contributed by atoms with E-state index in [0.29, 0.717) is 5.96 Å². The summed E-state index contributed by atoms with van der Waals surface area (Å²) < 4.78 is 10.8. The minimum absolute atomic E-state index is 0.684. The summed E-state index contributed by atoms with van der Waals surface area (Å²) >= 11 is 1.97. The fraction of sp³-hybridized carbons (Fsp3) is 0.500. The molecule has 0 amide bonds. The van der Waals surface area contributed by atoms with Crippen molar-refractivity contribution in [3.05, 3.63) is 23.9 Å². The Morgan fingerprint density at radius 2 is 2.04 bits per heavy atom. The number of aliphatic imine (C=N–C) groups is 1. The Labute approximate surface area is 152 Å². The minimum atomic E-state index is 0.684. The largest absolute Gasteiger partial charge is 0.497 e. The van der Waals surface area contributed by atoms with Crippen molar-refractivity contribution in [3.8, 4) is 11.5 Å². The molecule has 1 aromatic carbocycles. The number of methoxy groups -OCH3 is 2. The second-order valence-electron chi connectivity index (χ2n) is 6.03. The van der Waals surface area contributed by atoms with Crippen LogP contribution in [0, 0.1) is 0 Å². The zero-order valence-corrected chi connectivity index (χ0v) is 15.7. The molecule has 1 aliphatic rings. The molecule has 2 heterocycles. The first-order chi connectivity index (χ1) is 12.2. The molecule has 0 unspecified atom stereocenters. The van der Waals surface area contributed by atoms with E-state index >= 15 is 0 Å². The van der Waals surface area contributed by atoms with Crippen molar-refractivity contribution in [2.45, 2.75) is 12.8 Å². The van der Waals surface area contributed by atoms with Crippen molar-refractivity contribution in [2.75, 3.05) is 45.4 Å². The van der Waals surface area contributed by atoms with Crippen molar-refractivity contribution in [1.29, 1.82) is 0 Å². The normalized spacial score (nSPS) is 15.6. The summed E-state index contributed by atoms with van der Waals surface area (Å²) in [6.07, 6.45) is 1.88. The van der Waals surface area contributed by atoms with Crippen LogP contribution in [-0.4, -0.2) is 61.2 Å². The maximum absolute atomic E-state index is 6.09. The Kier molecular flexibility index (Phi) is 5.96. The van der Waals surface area contributed by atoms with Crippen LogP contribution in [0.2, 0.25) is 0 Å². The molecule has 3 rings (SSSR count). The lowest BCUT2D eigenvalue weighted by atomic mass is 10.2. The van der Waals surface area contributed by atoms with Gasteiger partial charge < -0.3 is 25.1 Å². The molecule has 25 heavy (non-hydrogen) atoms. The first kappa shape index (κ1) is 17.8. The Hall–Kier alpha value is -2.02. The summed E-state index contributed by atoms with van der Waals surface area (Å²) in [6.45, 7) is 2.75. The highest BCUT2D eigenvalue weighted by molar-refractivity contribution is 7.99. The molecule has 136 valence electrons. The van der Waals surface area contributed by atoms with E-state index in [9.17, 15) is 0 Å². The highest BCUT2D eigenvalue weighted by atomic mass is 32.2. The number of nitrogens with one attached hydrogen (secondary N) is 1. The van der Waals surface area contributed by atoms with Gasteiger partial charge in [0, 0.05) is 54.4 Å². The van der Waals surface area contributed by atoms with Crippen LogP contribution in [0.25, 0.3) is 10.9 Å². The third-order valence-corrected chi connectivity index (χ3v) is 5.34. The molecule has 6 nitrogen and oxygen atoms in total. The lowest BCUT2D eigenvalue weighted by Crippen LogP contribution is -2.42. The van der Waals surface area contributed by atoms with E-state index in [4.69, 9.17) is 15.2 Å². The van der Waals surface area contributed by atoms with Crippen molar-refractivity contribution in [1.82, 2.24) is 9.88 Å². The van der Waals surface area contributed by atoms with Crippen molar-refractivity contribution >= 4 is 28.6 Å². The van der Waals surface area contributed by atoms with E-state index in [0.717, 1.165) is 66.4 Å². The summed E-state index contributed by atoms with van der Waals surface area (Å²) in [5.74, 6) is 4.56. The first-order valence-corrected chi connectivity index (χ1v) is 9.73. The number of ether oxygens (including phenoxy) is 2. The highest BCUT2D eigenvalue weighted by Gasteiger charge is 2.12. The summed E-state index contributed by atoms with van der Waals surface area (Å²) in [6, 6.07) is 6.04. The second kappa shape index (κ2) is 8.38. The number of thioether (sulfide) groups is 1. The number of benzene rings is 1. The molecular weight excluding hydrogens is 336 g/mol. The molecule has 1 saturated heterocycles. The fourth-order valence-electron chi connectivity index (χ4n) is 3.01. The Morgan fingerprint density at radius 1 is 1.24 bits per heavy atom. The number of hydrogen-bond acceptors (Lipinski definition) is 4.